The van der Waals surface area contributed by atoms with Gasteiger partial charge < -0.3 is 9.32 Å². The molecule has 272 valence electrons. The number of fused-ring (bicyclic) bond motifs is 9. The third kappa shape index (κ3) is 5.30. The van der Waals surface area contributed by atoms with E-state index in [1.54, 1.807) is 0 Å². The Labute approximate surface area is 343 Å². The Morgan fingerprint density at radius 1 is 0.345 bits per heavy atom. The molecular formula is C54H33NOS2. The van der Waals surface area contributed by atoms with Crippen molar-refractivity contribution in [1.82, 2.24) is 0 Å². The van der Waals surface area contributed by atoms with Crippen molar-refractivity contribution in [2.75, 3.05) is 4.90 Å². The fraction of sp³-hybridized carbons (Fsp3) is 0. The molecule has 58 heavy (non-hydrogen) atoms. The van der Waals surface area contributed by atoms with Gasteiger partial charge in [0.15, 0.2) is 0 Å². The van der Waals surface area contributed by atoms with Gasteiger partial charge in [-0.25, -0.2) is 0 Å². The van der Waals surface area contributed by atoms with Crippen LogP contribution in [-0.4, -0.2) is 0 Å². The van der Waals surface area contributed by atoms with Crippen molar-refractivity contribution in [1.29, 1.82) is 0 Å². The van der Waals surface area contributed by atoms with Gasteiger partial charge in [0, 0.05) is 52.1 Å². The molecule has 12 aromatic rings. The second kappa shape index (κ2) is 13.3. The second-order valence-electron chi connectivity index (χ2n) is 14.8. The van der Waals surface area contributed by atoms with Crippen LogP contribution >= 0.6 is 22.7 Å². The molecule has 4 heteroatoms. The molecule has 3 aromatic heterocycles. The molecular weight excluding hydrogens is 743 g/mol. The number of anilines is 3. The highest BCUT2D eigenvalue weighted by Crippen LogP contribution is 2.52. The van der Waals surface area contributed by atoms with Crippen LogP contribution in [0.25, 0.3) is 95.7 Å². The molecule has 12 rings (SSSR count). The zero-order chi connectivity index (χ0) is 38.2. The van der Waals surface area contributed by atoms with Gasteiger partial charge in [0.25, 0.3) is 0 Å². The van der Waals surface area contributed by atoms with Crippen LogP contribution in [0.4, 0.5) is 17.1 Å². The summed E-state index contributed by atoms with van der Waals surface area (Å²) in [5.41, 5.74) is 12.4. The summed E-state index contributed by atoms with van der Waals surface area (Å²) >= 11 is 3.75. The first kappa shape index (κ1) is 33.2. The number of nitrogens with zero attached hydrogens (tertiary/aromatic N) is 1. The van der Waals surface area contributed by atoms with Gasteiger partial charge in [0.05, 0.1) is 16.1 Å². The summed E-state index contributed by atoms with van der Waals surface area (Å²) in [5, 5.41) is 7.27. The van der Waals surface area contributed by atoms with Crippen LogP contribution in [0, 0.1) is 0 Å². The molecule has 0 atom stereocenters. The number of hydrogen-bond acceptors (Lipinski definition) is 4. The summed E-state index contributed by atoms with van der Waals surface area (Å²) < 4.78 is 11.7. The maximum atomic E-state index is 6.58. The van der Waals surface area contributed by atoms with Gasteiger partial charge in [-0.3, -0.25) is 0 Å². The van der Waals surface area contributed by atoms with Gasteiger partial charge in [-0.1, -0.05) is 146 Å². The topological polar surface area (TPSA) is 16.4 Å². The quantitative estimate of drug-likeness (QED) is 0.167. The summed E-state index contributed by atoms with van der Waals surface area (Å²) in [6.07, 6.45) is 0. The minimum absolute atomic E-state index is 0.878. The fourth-order valence-electron chi connectivity index (χ4n) is 8.73. The Morgan fingerprint density at radius 2 is 1.00 bits per heavy atom. The zero-order valence-electron chi connectivity index (χ0n) is 31.2. The first-order valence-corrected chi connectivity index (χ1v) is 21.2. The predicted molar refractivity (Wildman–Crippen MR) is 250 cm³/mol. The van der Waals surface area contributed by atoms with Crippen molar-refractivity contribution in [3.63, 3.8) is 0 Å². The number of thiophene rings is 2. The van der Waals surface area contributed by atoms with Crippen molar-refractivity contribution in [3.8, 4) is 33.4 Å². The van der Waals surface area contributed by atoms with E-state index in [-0.39, 0.29) is 0 Å². The lowest BCUT2D eigenvalue weighted by molar-refractivity contribution is 0.669. The Bertz CT molecular complexity index is 3510. The van der Waals surface area contributed by atoms with E-state index in [1.165, 1.54) is 68.2 Å². The molecule has 0 N–H and O–H groups in total. The van der Waals surface area contributed by atoms with Crippen molar-refractivity contribution < 1.29 is 4.42 Å². The Kier molecular flexibility index (Phi) is 7.62. The van der Waals surface area contributed by atoms with E-state index < -0.39 is 0 Å². The van der Waals surface area contributed by atoms with Crippen LogP contribution in [0.15, 0.2) is 205 Å². The number of benzene rings is 9. The van der Waals surface area contributed by atoms with Crippen LogP contribution < -0.4 is 4.90 Å². The van der Waals surface area contributed by atoms with E-state index >= 15 is 0 Å². The van der Waals surface area contributed by atoms with Gasteiger partial charge in [-0.05, 0) is 88.0 Å². The summed E-state index contributed by atoms with van der Waals surface area (Å²) in [7, 11) is 0. The smallest absolute Gasteiger partial charge is 0.136 e. The molecule has 0 aliphatic heterocycles. The molecule has 0 amide bonds. The summed E-state index contributed by atoms with van der Waals surface area (Å²) in [6, 6.07) is 72.6. The van der Waals surface area contributed by atoms with Gasteiger partial charge in [-0.2, -0.15) is 0 Å². The third-order valence-corrected chi connectivity index (χ3v) is 13.9. The highest BCUT2D eigenvalue weighted by molar-refractivity contribution is 7.27. The molecule has 0 aliphatic rings. The summed E-state index contributed by atoms with van der Waals surface area (Å²) in [5.74, 6) is 0. The highest BCUT2D eigenvalue weighted by Gasteiger charge is 2.24. The first-order valence-electron chi connectivity index (χ1n) is 19.6. The van der Waals surface area contributed by atoms with Gasteiger partial charge in [0.2, 0.25) is 0 Å². The molecule has 0 aliphatic carbocycles. The Morgan fingerprint density at radius 3 is 1.78 bits per heavy atom. The van der Waals surface area contributed by atoms with Gasteiger partial charge in [0.1, 0.15) is 11.2 Å². The SMILES string of the molecule is c1ccc(-c2ccc3c(c2)oc2ccc(N(c4cccc5c4sc4ccccc45)c4ccc(-c5ccccc5)c5sc6cc(-c7ccccc7)ccc6c45)cc23)cc1. The van der Waals surface area contributed by atoms with E-state index in [9.17, 15) is 0 Å². The molecule has 9 aromatic carbocycles. The molecule has 0 saturated heterocycles. The zero-order valence-corrected chi connectivity index (χ0v) is 32.9. The molecule has 0 spiro atoms. The predicted octanol–water partition coefficient (Wildman–Crippen LogP) is 16.8. The monoisotopic (exact) mass is 775 g/mol. The van der Waals surface area contributed by atoms with Crippen LogP contribution in [-0.2, 0) is 0 Å². The number of rotatable bonds is 6. The molecule has 0 unspecified atom stereocenters. The van der Waals surface area contributed by atoms with E-state index in [0.717, 1.165) is 44.6 Å². The third-order valence-electron chi connectivity index (χ3n) is 11.5. The first-order chi connectivity index (χ1) is 28.7. The van der Waals surface area contributed by atoms with E-state index in [1.807, 2.05) is 22.7 Å². The fourth-order valence-corrected chi connectivity index (χ4v) is 11.2. The molecule has 0 bridgehead atoms. The van der Waals surface area contributed by atoms with E-state index in [4.69, 9.17) is 4.42 Å². The number of furan rings is 1. The summed E-state index contributed by atoms with van der Waals surface area (Å²) in [4.78, 5) is 2.50. The Balaban J connectivity index is 1.14. The maximum Gasteiger partial charge on any atom is 0.136 e. The van der Waals surface area contributed by atoms with Crippen molar-refractivity contribution in [2.45, 2.75) is 0 Å². The van der Waals surface area contributed by atoms with Crippen LogP contribution in [0.5, 0.6) is 0 Å². The number of hydrogen-bond donors (Lipinski definition) is 0. The maximum absolute atomic E-state index is 6.58. The minimum Gasteiger partial charge on any atom is -0.456 e. The van der Waals surface area contributed by atoms with Crippen molar-refractivity contribution in [2.24, 2.45) is 0 Å². The van der Waals surface area contributed by atoms with E-state index in [2.05, 4.69) is 205 Å². The standard InChI is InChI=1S/C54H33NOS2/c1-4-13-34(14-5-1)37-23-26-41-45-33-39(25-30-48(45)56-49(41)31-37)55(47-21-12-20-43-42-19-10-11-22-50(42)57-53(43)47)46-29-28-40(36-17-8-3-9-18-36)54-52(46)44-27-24-38(32-51(44)58-54)35-15-6-2-7-16-35/h1-33H. The lowest BCUT2D eigenvalue weighted by Crippen LogP contribution is -2.10. The van der Waals surface area contributed by atoms with Gasteiger partial charge >= 0.3 is 0 Å². The molecule has 2 nitrogen and oxygen atoms in total. The molecule has 0 saturated carbocycles. The average molecular weight is 776 g/mol. The Hall–Kier alpha value is -6.98. The highest BCUT2D eigenvalue weighted by atomic mass is 32.1. The second-order valence-corrected chi connectivity index (χ2v) is 16.9. The largest absolute Gasteiger partial charge is 0.456 e. The van der Waals surface area contributed by atoms with Crippen molar-refractivity contribution >= 4 is 102 Å². The lowest BCUT2D eigenvalue weighted by Gasteiger charge is -2.27. The van der Waals surface area contributed by atoms with E-state index in [0.29, 0.717) is 0 Å². The van der Waals surface area contributed by atoms with Crippen LogP contribution in [0.2, 0.25) is 0 Å². The molecule has 3 heterocycles. The average Bonchev–Trinajstić information content (AvgIpc) is 3.99. The molecule has 0 fully saturated rings. The normalized spacial score (nSPS) is 11.8. The van der Waals surface area contributed by atoms with Crippen molar-refractivity contribution in [3.05, 3.63) is 200 Å². The van der Waals surface area contributed by atoms with Crippen LogP contribution in [0.1, 0.15) is 0 Å². The summed E-state index contributed by atoms with van der Waals surface area (Å²) in [6.45, 7) is 0. The van der Waals surface area contributed by atoms with Gasteiger partial charge in [-0.15, -0.1) is 22.7 Å². The minimum atomic E-state index is 0.878. The lowest BCUT2D eigenvalue weighted by atomic mass is 9.98. The molecule has 0 radical (unpaired) electrons. The van der Waals surface area contributed by atoms with Crippen LogP contribution in [0.3, 0.4) is 0 Å².